The van der Waals surface area contributed by atoms with E-state index in [0.29, 0.717) is 11.3 Å². The van der Waals surface area contributed by atoms with E-state index in [1.165, 1.54) is 16.9 Å². The number of thiophene rings is 1. The number of carbonyl (C=O) groups is 1. The van der Waals surface area contributed by atoms with Gasteiger partial charge in [-0.05, 0) is 41.7 Å². The first-order chi connectivity index (χ1) is 11.4. The Labute approximate surface area is 147 Å². The van der Waals surface area contributed by atoms with E-state index in [9.17, 15) is 4.79 Å². The van der Waals surface area contributed by atoms with Gasteiger partial charge >= 0.3 is 0 Å². The molecule has 0 saturated heterocycles. The van der Waals surface area contributed by atoms with E-state index in [2.05, 4.69) is 31.4 Å². The van der Waals surface area contributed by atoms with Crippen LogP contribution in [0, 0.1) is 11.3 Å². The molecule has 1 aliphatic heterocycles. The van der Waals surface area contributed by atoms with E-state index in [1.54, 1.807) is 11.3 Å². The van der Waals surface area contributed by atoms with Crippen LogP contribution in [0.2, 0.25) is 0 Å². The number of rotatable bonds is 1. The Morgan fingerprint density at radius 2 is 1.88 bits per heavy atom. The van der Waals surface area contributed by atoms with Crippen LogP contribution in [0.4, 0.5) is 5.00 Å². The fraction of sp³-hybridized carbons (Fsp3) is 0.450. The van der Waals surface area contributed by atoms with Gasteiger partial charge in [0.05, 0.1) is 5.56 Å². The molecule has 1 aromatic carbocycles. The van der Waals surface area contributed by atoms with Crippen molar-refractivity contribution in [3.05, 3.63) is 51.9 Å². The first-order valence-electron chi connectivity index (χ1n) is 8.70. The van der Waals surface area contributed by atoms with Crippen molar-refractivity contribution in [2.24, 2.45) is 11.3 Å². The largest absolute Gasteiger partial charge is 0.353 e. The minimum Gasteiger partial charge on any atom is -0.353 e. The molecule has 126 valence electrons. The lowest BCUT2D eigenvalue weighted by Crippen LogP contribution is -2.38. The normalized spacial score (nSPS) is 23.0. The minimum absolute atomic E-state index is 0.0734. The molecule has 4 rings (SSSR count). The molecular weight excluding hydrogens is 316 g/mol. The number of carbonyl (C=O) groups excluding carboxylic acids is 1. The zero-order valence-corrected chi connectivity index (χ0v) is 15.3. The Hall–Kier alpha value is -1.81. The highest BCUT2D eigenvalue weighted by atomic mass is 32.1. The average molecular weight is 340 g/mol. The topological polar surface area (TPSA) is 41.1 Å². The second-order valence-corrected chi connectivity index (χ2v) is 9.08. The summed E-state index contributed by atoms with van der Waals surface area (Å²) >= 11 is 1.79. The molecule has 2 aromatic rings. The Balaban J connectivity index is 1.66. The lowest BCUT2D eigenvalue weighted by Gasteiger charge is -2.34. The van der Waals surface area contributed by atoms with Gasteiger partial charge in [-0.25, -0.2) is 0 Å². The zero-order valence-electron chi connectivity index (χ0n) is 14.5. The molecule has 0 saturated carbocycles. The van der Waals surface area contributed by atoms with Crippen LogP contribution in [0.5, 0.6) is 0 Å². The van der Waals surface area contributed by atoms with Crippen LogP contribution in [0.1, 0.15) is 59.7 Å². The summed E-state index contributed by atoms with van der Waals surface area (Å²) in [6.45, 7) is 6.98. The quantitative estimate of drug-likeness (QED) is 0.786. The third-order valence-electron chi connectivity index (χ3n) is 5.40. The van der Waals surface area contributed by atoms with Gasteiger partial charge in [0.1, 0.15) is 11.2 Å². The maximum Gasteiger partial charge on any atom is 0.256 e. The highest BCUT2D eigenvalue weighted by Crippen LogP contribution is 2.45. The molecule has 2 aliphatic rings. The molecule has 2 heterocycles. The van der Waals surface area contributed by atoms with E-state index in [1.807, 2.05) is 30.3 Å². The fourth-order valence-electron chi connectivity index (χ4n) is 3.85. The summed E-state index contributed by atoms with van der Waals surface area (Å²) in [7, 11) is 0. The molecule has 0 unspecified atom stereocenters. The van der Waals surface area contributed by atoms with Crippen molar-refractivity contribution < 1.29 is 4.79 Å². The molecule has 3 nitrogen and oxygen atoms in total. The molecule has 1 aliphatic carbocycles. The lowest BCUT2D eigenvalue weighted by molar-refractivity contribution is 0.0935. The van der Waals surface area contributed by atoms with Crippen molar-refractivity contribution in [3.63, 3.8) is 0 Å². The summed E-state index contributed by atoms with van der Waals surface area (Å²) in [6.07, 6.45) is 3.16. The molecular formula is C20H24N2OS. The van der Waals surface area contributed by atoms with Crippen molar-refractivity contribution in [3.8, 4) is 0 Å². The Bertz CT molecular complexity index is 773. The van der Waals surface area contributed by atoms with Crippen LogP contribution in [-0.2, 0) is 12.8 Å². The fourth-order valence-corrected chi connectivity index (χ4v) is 5.20. The molecule has 24 heavy (non-hydrogen) atoms. The van der Waals surface area contributed by atoms with E-state index in [0.717, 1.165) is 29.0 Å². The SMILES string of the molecule is CC(C)(C)[C@H]1CCc2c(sc3c2C(=O)N[C@H](c2ccccc2)N3)C1. The molecule has 0 fully saturated rings. The number of fused-ring (bicyclic) bond motifs is 3. The third kappa shape index (κ3) is 2.63. The van der Waals surface area contributed by atoms with Crippen LogP contribution in [0.25, 0.3) is 0 Å². The van der Waals surface area contributed by atoms with E-state index in [4.69, 9.17) is 0 Å². The van der Waals surface area contributed by atoms with Gasteiger partial charge in [0, 0.05) is 4.88 Å². The number of hydrogen-bond acceptors (Lipinski definition) is 3. The van der Waals surface area contributed by atoms with Gasteiger partial charge < -0.3 is 10.6 Å². The van der Waals surface area contributed by atoms with Gasteiger partial charge in [-0.15, -0.1) is 11.3 Å². The minimum atomic E-state index is -0.135. The Morgan fingerprint density at radius 3 is 2.58 bits per heavy atom. The summed E-state index contributed by atoms with van der Waals surface area (Å²) in [6, 6.07) is 10.1. The smallest absolute Gasteiger partial charge is 0.256 e. The summed E-state index contributed by atoms with van der Waals surface area (Å²) < 4.78 is 0. The Morgan fingerprint density at radius 1 is 1.12 bits per heavy atom. The molecule has 1 aromatic heterocycles. The van der Waals surface area contributed by atoms with Crippen LogP contribution >= 0.6 is 11.3 Å². The van der Waals surface area contributed by atoms with Gasteiger partial charge in [0.15, 0.2) is 0 Å². The third-order valence-corrected chi connectivity index (χ3v) is 6.59. The lowest BCUT2D eigenvalue weighted by atomic mass is 9.72. The van der Waals surface area contributed by atoms with Gasteiger partial charge in [-0.3, -0.25) is 4.79 Å². The molecule has 4 heteroatoms. The predicted molar refractivity (Wildman–Crippen MR) is 99.6 cm³/mol. The first kappa shape index (κ1) is 15.7. The maximum atomic E-state index is 12.7. The second kappa shape index (κ2) is 5.62. The monoisotopic (exact) mass is 340 g/mol. The number of nitrogens with one attached hydrogen (secondary N) is 2. The van der Waals surface area contributed by atoms with Crippen molar-refractivity contribution in [2.75, 3.05) is 5.32 Å². The second-order valence-electron chi connectivity index (χ2n) is 7.98. The molecule has 0 spiro atoms. The average Bonchev–Trinajstić information content (AvgIpc) is 2.92. The molecule has 0 radical (unpaired) electrons. The van der Waals surface area contributed by atoms with Gasteiger partial charge in [-0.2, -0.15) is 0 Å². The number of hydrogen-bond donors (Lipinski definition) is 2. The van der Waals surface area contributed by atoms with E-state index in [-0.39, 0.29) is 12.1 Å². The number of amides is 1. The van der Waals surface area contributed by atoms with E-state index < -0.39 is 0 Å². The highest BCUT2D eigenvalue weighted by molar-refractivity contribution is 7.16. The zero-order chi connectivity index (χ0) is 16.9. The molecule has 0 bridgehead atoms. The molecule has 2 N–H and O–H groups in total. The van der Waals surface area contributed by atoms with Crippen molar-refractivity contribution in [1.82, 2.24) is 5.32 Å². The van der Waals surface area contributed by atoms with Gasteiger partial charge in [0.2, 0.25) is 0 Å². The maximum absolute atomic E-state index is 12.7. The van der Waals surface area contributed by atoms with Crippen LogP contribution < -0.4 is 10.6 Å². The predicted octanol–water partition coefficient (Wildman–Crippen LogP) is 4.75. The Kier molecular flexibility index (Phi) is 3.68. The number of anilines is 1. The van der Waals surface area contributed by atoms with Crippen LogP contribution in [-0.4, -0.2) is 5.91 Å². The van der Waals surface area contributed by atoms with Crippen molar-refractivity contribution in [2.45, 2.75) is 46.2 Å². The summed E-state index contributed by atoms with van der Waals surface area (Å²) in [5, 5.41) is 7.71. The van der Waals surface area contributed by atoms with Gasteiger partial charge in [0.25, 0.3) is 5.91 Å². The summed E-state index contributed by atoms with van der Waals surface area (Å²) in [4.78, 5) is 14.1. The standard InChI is InChI=1S/C20H24N2OS/c1-20(2,3)13-9-10-14-15(11-13)24-19-16(14)18(23)21-17(22-19)12-7-5-4-6-8-12/h4-8,13,17,22H,9-11H2,1-3H3,(H,21,23)/t13-,17-/m0/s1. The van der Waals surface area contributed by atoms with Gasteiger partial charge in [-0.1, -0.05) is 51.1 Å². The summed E-state index contributed by atoms with van der Waals surface area (Å²) in [5.41, 5.74) is 3.60. The van der Waals surface area contributed by atoms with E-state index >= 15 is 0 Å². The first-order valence-corrected chi connectivity index (χ1v) is 9.52. The van der Waals surface area contributed by atoms with Crippen LogP contribution in [0.15, 0.2) is 30.3 Å². The van der Waals surface area contributed by atoms with Crippen molar-refractivity contribution >= 4 is 22.2 Å². The summed E-state index contributed by atoms with van der Waals surface area (Å²) in [5.74, 6) is 0.766. The van der Waals surface area contributed by atoms with Crippen LogP contribution in [0.3, 0.4) is 0 Å². The molecule has 1 amide bonds. The van der Waals surface area contributed by atoms with Crippen molar-refractivity contribution in [1.29, 1.82) is 0 Å². The highest BCUT2D eigenvalue weighted by Gasteiger charge is 2.36. The number of benzene rings is 1. The molecule has 2 atom stereocenters.